The Morgan fingerprint density at radius 2 is 1.79 bits per heavy atom. The summed E-state index contributed by atoms with van der Waals surface area (Å²) in [5.74, 6) is 0.737. The second kappa shape index (κ2) is 10.5. The first kappa shape index (κ1) is 23.5. The van der Waals surface area contributed by atoms with Gasteiger partial charge < -0.3 is 10.1 Å². The summed E-state index contributed by atoms with van der Waals surface area (Å²) in [6.07, 6.45) is 6.83. The van der Waals surface area contributed by atoms with E-state index in [2.05, 4.69) is 27.1 Å². The van der Waals surface area contributed by atoms with E-state index in [0.717, 1.165) is 56.6 Å². The number of rotatable bonds is 9. The van der Waals surface area contributed by atoms with Gasteiger partial charge in [-0.3, -0.25) is 9.69 Å². The highest BCUT2D eigenvalue weighted by atomic mass is 32.2. The van der Waals surface area contributed by atoms with Crippen molar-refractivity contribution in [3.05, 3.63) is 65.7 Å². The molecule has 2 N–H and O–H groups in total. The molecule has 2 aromatic carbocycles. The number of piperidine rings is 1. The van der Waals surface area contributed by atoms with Gasteiger partial charge >= 0.3 is 0 Å². The highest BCUT2D eigenvalue weighted by molar-refractivity contribution is 7.89. The number of carbonyl (C=O) groups excluding carboxylic acids is 1. The van der Waals surface area contributed by atoms with E-state index in [1.54, 1.807) is 37.5 Å². The molecule has 1 saturated heterocycles. The van der Waals surface area contributed by atoms with E-state index < -0.39 is 10.0 Å². The Labute approximate surface area is 195 Å². The second-order valence-electron chi connectivity index (χ2n) is 8.71. The third-order valence-corrected chi connectivity index (χ3v) is 7.53. The third-order valence-electron chi connectivity index (χ3n) is 5.99. The Morgan fingerprint density at radius 1 is 1.06 bits per heavy atom. The van der Waals surface area contributed by atoms with Crippen molar-refractivity contribution in [3.63, 3.8) is 0 Å². The van der Waals surface area contributed by atoms with Crippen LogP contribution in [-0.2, 0) is 21.4 Å². The molecule has 0 radical (unpaired) electrons. The molecular weight excluding hydrogens is 438 g/mol. The predicted molar refractivity (Wildman–Crippen MR) is 128 cm³/mol. The molecular formula is C25H31N3O4S. The van der Waals surface area contributed by atoms with Crippen molar-refractivity contribution < 1.29 is 17.9 Å². The van der Waals surface area contributed by atoms with Crippen molar-refractivity contribution in [2.75, 3.05) is 20.2 Å². The number of amides is 1. The lowest BCUT2D eigenvalue weighted by atomic mass is 10.0. The van der Waals surface area contributed by atoms with Gasteiger partial charge in [-0.2, -0.15) is 0 Å². The highest BCUT2D eigenvalue weighted by Crippen LogP contribution is 2.22. The van der Waals surface area contributed by atoms with E-state index in [1.807, 2.05) is 12.1 Å². The van der Waals surface area contributed by atoms with Crippen LogP contribution in [0.4, 0.5) is 0 Å². The number of likely N-dealkylation sites (tertiary alicyclic amines) is 1. The first-order valence-corrected chi connectivity index (χ1v) is 12.9. The monoisotopic (exact) mass is 469 g/mol. The maximum absolute atomic E-state index is 12.4. The number of hydrogen-bond acceptors (Lipinski definition) is 5. The number of nitrogens with zero attached hydrogens (tertiary/aromatic N) is 1. The zero-order valence-corrected chi connectivity index (χ0v) is 19.7. The first-order chi connectivity index (χ1) is 15.9. The standard InChI is InChI=1S/C25H31N3O4S/c1-32-23-4-2-3-20(17-23)18-28-15-13-21(14-16-28)26-25(29)12-7-19-5-10-24(11-6-19)33(30,31)27-22-8-9-22/h2-7,10-12,17,21-22,27H,8-9,13-16,18H2,1H3,(H,26,29). The van der Waals surface area contributed by atoms with E-state index in [-0.39, 0.29) is 22.9 Å². The lowest BCUT2D eigenvalue weighted by molar-refractivity contribution is -0.117. The van der Waals surface area contributed by atoms with Crippen molar-refractivity contribution >= 4 is 22.0 Å². The van der Waals surface area contributed by atoms with Crippen LogP contribution in [0.15, 0.2) is 59.5 Å². The molecule has 0 unspecified atom stereocenters. The van der Waals surface area contributed by atoms with E-state index >= 15 is 0 Å². The summed E-state index contributed by atoms with van der Waals surface area (Å²) in [5.41, 5.74) is 2.01. The average Bonchev–Trinajstić information content (AvgIpc) is 3.63. The van der Waals surface area contributed by atoms with Crippen molar-refractivity contribution in [1.82, 2.24) is 14.9 Å². The van der Waals surface area contributed by atoms with Crippen molar-refractivity contribution in [3.8, 4) is 5.75 Å². The van der Waals surface area contributed by atoms with Gasteiger partial charge in [0.25, 0.3) is 0 Å². The molecule has 1 saturated carbocycles. The molecule has 0 atom stereocenters. The Hall–Kier alpha value is -2.68. The molecule has 1 aliphatic heterocycles. The molecule has 2 fully saturated rings. The minimum absolute atomic E-state index is 0.0759. The molecule has 7 nitrogen and oxygen atoms in total. The molecule has 2 aliphatic rings. The maximum atomic E-state index is 12.4. The largest absolute Gasteiger partial charge is 0.497 e. The average molecular weight is 470 g/mol. The van der Waals surface area contributed by atoms with Crippen LogP contribution in [0.3, 0.4) is 0 Å². The summed E-state index contributed by atoms with van der Waals surface area (Å²) in [6, 6.07) is 14.9. The molecule has 8 heteroatoms. The van der Waals surface area contributed by atoms with Gasteiger partial charge in [0.2, 0.25) is 15.9 Å². The molecule has 1 heterocycles. The number of nitrogens with one attached hydrogen (secondary N) is 2. The van der Waals surface area contributed by atoms with Gasteiger partial charge in [-0.15, -0.1) is 0 Å². The van der Waals surface area contributed by atoms with E-state index in [4.69, 9.17) is 4.74 Å². The Bertz CT molecular complexity index is 1090. The van der Waals surface area contributed by atoms with Gasteiger partial charge in [-0.25, -0.2) is 13.1 Å². The van der Waals surface area contributed by atoms with Crippen LogP contribution < -0.4 is 14.8 Å². The van der Waals surface area contributed by atoms with Gasteiger partial charge in [0, 0.05) is 37.8 Å². The zero-order chi connectivity index (χ0) is 23.3. The predicted octanol–water partition coefficient (Wildman–Crippen LogP) is 2.93. The van der Waals surface area contributed by atoms with E-state index in [0.29, 0.717) is 0 Å². The fourth-order valence-corrected chi connectivity index (χ4v) is 5.24. The highest BCUT2D eigenvalue weighted by Gasteiger charge is 2.27. The van der Waals surface area contributed by atoms with Crippen LogP contribution >= 0.6 is 0 Å². The number of sulfonamides is 1. The molecule has 0 spiro atoms. The molecule has 0 bridgehead atoms. The van der Waals surface area contributed by atoms with Gasteiger partial charge in [0.1, 0.15) is 5.75 Å². The minimum Gasteiger partial charge on any atom is -0.497 e. The smallest absolute Gasteiger partial charge is 0.244 e. The van der Waals surface area contributed by atoms with Crippen LogP contribution in [-0.4, -0.2) is 51.5 Å². The van der Waals surface area contributed by atoms with Crippen molar-refractivity contribution in [2.45, 2.75) is 49.2 Å². The van der Waals surface area contributed by atoms with Crippen LogP contribution in [0.2, 0.25) is 0 Å². The van der Waals surface area contributed by atoms with Gasteiger partial charge in [-0.05, 0) is 67.2 Å². The second-order valence-corrected chi connectivity index (χ2v) is 10.4. The summed E-state index contributed by atoms with van der Waals surface area (Å²) in [7, 11) is -1.78. The van der Waals surface area contributed by atoms with Gasteiger partial charge in [0.15, 0.2) is 0 Å². The van der Waals surface area contributed by atoms with E-state index in [9.17, 15) is 13.2 Å². The molecule has 33 heavy (non-hydrogen) atoms. The SMILES string of the molecule is COc1cccc(CN2CCC(NC(=O)C=Cc3ccc(S(=O)(=O)NC4CC4)cc3)CC2)c1. The summed E-state index contributed by atoms with van der Waals surface area (Å²) >= 11 is 0. The van der Waals surface area contributed by atoms with Crippen molar-refractivity contribution in [2.24, 2.45) is 0 Å². The quantitative estimate of drug-likeness (QED) is 0.552. The summed E-state index contributed by atoms with van der Waals surface area (Å²) in [5, 5.41) is 3.08. The van der Waals surface area contributed by atoms with Crippen LogP contribution in [0.5, 0.6) is 5.75 Å². The fraction of sp³-hybridized carbons (Fsp3) is 0.400. The molecule has 0 aromatic heterocycles. The first-order valence-electron chi connectivity index (χ1n) is 11.4. The number of hydrogen-bond donors (Lipinski definition) is 2. The molecule has 1 amide bonds. The molecule has 1 aliphatic carbocycles. The Morgan fingerprint density at radius 3 is 2.45 bits per heavy atom. The van der Waals surface area contributed by atoms with Gasteiger partial charge in [-0.1, -0.05) is 24.3 Å². The Kier molecular flexibility index (Phi) is 7.47. The summed E-state index contributed by atoms with van der Waals surface area (Å²) in [6.45, 7) is 2.73. The normalized spacial score (nSPS) is 17.8. The van der Waals surface area contributed by atoms with Crippen LogP contribution in [0, 0.1) is 0 Å². The number of ether oxygens (including phenoxy) is 1. The summed E-state index contributed by atoms with van der Waals surface area (Å²) < 4.78 is 32.4. The van der Waals surface area contributed by atoms with Crippen molar-refractivity contribution in [1.29, 1.82) is 0 Å². The lowest BCUT2D eigenvalue weighted by Crippen LogP contribution is -2.43. The number of benzene rings is 2. The third kappa shape index (κ3) is 6.90. The topological polar surface area (TPSA) is 87.7 Å². The van der Waals surface area contributed by atoms with E-state index in [1.165, 1.54) is 11.6 Å². The van der Waals surface area contributed by atoms with Crippen LogP contribution in [0.1, 0.15) is 36.8 Å². The maximum Gasteiger partial charge on any atom is 0.244 e. The lowest BCUT2D eigenvalue weighted by Gasteiger charge is -2.32. The van der Waals surface area contributed by atoms with Crippen LogP contribution in [0.25, 0.3) is 6.08 Å². The Balaban J connectivity index is 1.22. The molecule has 176 valence electrons. The number of methoxy groups -OCH3 is 1. The molecule has 4 rings (SSSR count). The van der Waals surface area contributed by atoms with Gasteiger partial charge in [0.05, 0.1) is 12.0 Å². The minimum atomic E-state index is -3.46. The summed E-state index contributed by atoms with van der Waals surface area (Å²) in [4.78, 5) is 15.0. The zero-order valence-electron chi connectivity index (χ0n) is 18.9. The fourth-order valence-electron chi connectivity index (χ4n) is 3.93. The molecule has 2 aromatic rings. The number of carbonyl (C=O) groups is 1.